The molecule has 0 radical (unpaired) electrons. The average molecular weight is 542 g/mol. The Morgan fingerprint density at radius 1 is 1.18 bits per heavy atom. The molecule has 198 valence electrons. The molecule has 1 aliphatic rings. The van der Waals surface area contributed by atoms with Crippen molar-refractivity contribution >= 4 is 17.6 Å². The fourth-order valence-corrected chi connectivity index (χ4v) is 5.08. The number of tetrazole rings is 1. The summed E-state index contributed by atoms with van der Waals surface area (Å²) in [7, 11) is 3.09. The first-order chi connectivity index (χ1) is 18.4. The van der Waals surface area contributed by atoms with Crippen LogP contribution in [0, 0.1) is 5.82 Å². The number of carboxylic acid groups (broad SMARTS) is 1. The highest BCUT2D eigenvalue weighted by atomic mass is 35.5. The third-order valence-corrected chi connectivity index (χ3v) is 6.68. The number of benzene rings is 2. The average Bonchev–Trinajstić information content (AvgIpc) is 3.52. The van der Waals surface area contributed by atoms with Gasteiger partial charge in [0.2, 0.25) is 0 Å². The number of para-hydroxylation sites is 1. The lowest BCUT2D eigenvalue weighted by molar-refractivity contribution is -0.136. The number of fused-ring (bicyclic) bond motifs is 3. The van der Waals surface area contributed by atoms with Gasteiger partial charge in [0.1, 0.15) is 18.3 Å². The molecule has 0 spiro atoms. The van der Waals surface area contributed by atoms with E-state index < -0.39 is 24.0 Å². The van der Waals surface area contributed by atoms with Crippen molar-refractivity contribution in [2.24, 2.45) is 0 Å². The number of hydrogen-bond acceptors (Lipinski definition) is 7. The molecule has 1 N–H and O–H groups in total. The highest BCUT2D eigenvalue weighted by Gasteiger charge is 2.34. The maximum absolute atomic E-state index is 15.5. The van der Waals surface area contributed by atoms with Crippen molar-refractivity contribution in [3.63, 3.8) is 0 Å². The van der Waals surface area contributed by atoms with Crippen molar-refractivity contribution in [3.8, 4) is 17.2 Å². The maximum Gasteiger partial charge on any atom is 0.311 e. The Kier molecular flexibility index (Phi) is 7.30. The molecule has 12 heteroatoms. The van der Waals surface area contributed by atoms with Crippen LogP contribution in [0.25, 0.3) is 5.69 Å². The number of aromatic nitrogens is 5. The minimum Gasteiger partial charge on any atom is -0.493 e. The van der Waals surface area contributed by atoms with Gasteiger partial charge < -0.3 is 23.9 Å². The Labute approximate surface area is 222 Å². The molecule has 38 heavy (non-hydrogen) atoms. The SMILES string of the molecule is COc1cccc([C@H]2O[C@H](CCCn3nnnc3CC(=O)O)c3cccn3-c3c(F)cc(Cl)cc32)c1OC. The number of carboxylic acids is 1. The van der Waals surface area contributed by atoms with Crippen LogP contribution in [-0.2, 0) is 22.5 Å². The lowest BCUT2D eigenvalue weighted by Gasteiger charge is -2.25. The smallest absolute Gasteiger partial charge is 0.311 e. The normalized spacial score (nSPS) is 16.4. The molecule has 5 rings (SSSR count). The predicted molar refractivity (Wildman–Crippen MR) is 134 cm³/mol. The number of hydrogen-bond donors (Lipinski definition) is 1. The molecule has 0 aliphatic carbocycles. The van der Waals surface area contributed by atoms with Gasteiger partial charge in [0.25, 0.3) is 0 Å². The quantitative estimate of drug-likeness (QED) is 0.328. The number of methoxy groups -OCH3 is 2. The van der Waals surface area contributed by atoms with Crippen LogP contribution < -0.4 is 9.47 Å². The minimum absolute atomic E-state index is 0.244. The molecule has 0 unspecified atom stereocenters. The number of rotatable bonds is 9. The van der Waals surface area contributed by atoms with Crippen molar-refractivity contribution in [1.82, 2.24) is 24.8 Å². The molecule has 10 nitrogen and oxygen atoms in total. The van der Waals surface area contributed by atoms with Gasteiger partial charge >= 0.3 is 5.97 Å². The molecule has 2 atom stereocenters. The monoisotopic (exact) mass is 541 g/mol. The Hall–Kier alpha value is -3.96. The van der Waals surface area contributed by atoms with E-state index in [9.17, 15) is 4.79 Å². The third kappa shape index (κ3) is 4.82. The molecule has 0 saturated carbocycles. The Morgan fingerprint density at radius 3 is 2.79 bits per heavy atom. The zero-order valence-electron chi connectivity index (χ0n) is 20.7. The Bertz CT molecular complexity index is 1470. The third-order valence-electron chi connectivity index (χ3n) is 6.46. The van der Waals surface area contributed by atoms with Crippen LogP contribution >= 0.6 is 11.6 Å². The summed E-state index contributed by atoms with van der Waals surface area (Å²) in [5, 5.41) is 20.7. The summed E-state index contributed by atoms with van der Waals surface area (Å²) in [6, 6.07) is 12.2. The first-order valence-electron chi connectivity index (χ1n) is 11.9. The van der Waals surface area contributed by atoms with E-state index in [-0.39, 0.29) is 17.3 Å². The standard InChI is InChI=1S/C26H25ClFN5O5/c1-36-21-8-3-6-16(26(21)37-2)25-17-12-15(27)13-18(28)24(17)32-10-4-7-19(32)20(38-25)9-5-11-33-22(14-23(34)35)29-30-31-33/h3-4,6-8,10,12-13,20,25H,5,9,11,14H2,1-2H3,(H,34,35)/t20-,25-/m1/s1. The summed E-state index contributed by atoms with van der Waals surface area (Å²) in [5.41, 5.74) is 2.32. The van der Waals surface area contributed by atoms with Gasteiger partial charge in [-0.05, 0) is 53.6 Å². The second-order valence-electron chi connectivity index (χ2n) is 8.75. The number of aryl methyl sites for hydroxylation is 1. The van der Waals surface area contributed by atoms with Crippen LogP contribution in [0.4, 0.5) is 4.39 Å². The van der Waals surface area contributed by atoms with Gasteiger partial charge in [-0.1, -0.05) is 23.7 Å². The van der Waals surface area contributed by atoms with Gasteiger partial charge in [0.05, 0.1) is 31.7 Å². The van der Waals surface area contributed by atoms with Crippen molar-refractivity contribution in [2.75, 3.05) is 14.2 Å². The molecule has 0 amide bonds. The lowest BCUT2D eigenvalue weighted by atomic mass is 9.98. The molecule has 0 bridgehead atoms. The van der Waals surface area contributed by atoms with Crippen LogP contribution in [0.2, 0.25) is 5.02 Å². The minimum atomic E-state index is -1.01. The van der Waals surface area contributed by atoms with Crippen molar-refractivity contribution < 1.29 is 28.5 Å². The van der Waals surface area contributed by atoms with E-state index in [1.807, 2.05) is 24.3 Å². The number of aliphatic carboxylic acids is 1. The van der Waals surface area contributed by atoms with Gasteiger partial charge in [-0.15, -0.1) is 5.10 Å². The molecule has 2 aromatic carbocycles. The summed E-state index contributed by atoms with van der Waals surface area (Å²) in [5.74, 6) is -0.232. The first kappa shape index (κ1) is 25.7. The van der Waals surface area contributed by atoms with E-state index in [0.717, 1.165) is 5.69 Å². The van der Waals surface area contributed by atoms with Crippen LogP contribution in [0.5, 0.6) is 11.5 Å². The molecule has 2 aromatic heterocycles. The highest BCUT2D eigenvalue weighted by molar-refractivity contribution is 6.30. The highest BCUT2D eigenvalue weighted by Crippen LogP contribution is 2.47. The summed E-state index contributed by atoms with van der Waals surface area (Å²) in [6.07, 6.45) is 1.40. The van der Waals surface area contributed by atoms with E-state index in [0.29, 0.717) is 47.7 Å². The Balaban J connectivity index is 1.54. The van der Waals surface area contributed by atoms with Crippen LogP contribution in [-0.4, -0.2) is 50.1 Å². The van der Waals surface area contributed by atoms with Gasteiger partial charge in [-0.2, -0.15) is 0 Å². The van der Waals surface area contributed by atoms with E-state index in [4.69, 9.17) is 30.9 Å². The number of carbonyl (C=O) groups is 1. The molecular weight excluding hydrogens is 517 g/mol. The van der Waals surface area contributed by atoms with E-state index in [2.05, 4.69) is 15.5 Å². The Morgan fingerprint density at radius 2 is 2.03 bits per heavy atom. The predicted octanol–water partition coefficient (Wildman–Crippen LogP) is 4.54. The maximum atomic E-state index is 15.5. The van der Waals surface area contributed by atoms with E-state index in [1.54, 1.807) is 37.1 Å². The van der Waals surface area contributed by atoms with Gasteiger partial charge in [0, 0.05) is 28.9 Å². The molecule has 0 saturated heterocycles. The number of halogens is 2. The van der Waals surface area contributed by atoms with Crippen LogP contribution in [0.3, 0.4) is 0 Å². The van der Waals surface area contributed by atoms with Crippen molar-refractivity contribution in [1.29, 1.82) is 0 Å². The second-order valence-corrected chi connectivity index (χ2v) is 9.18. The van der Waals surface area contributed by atoms with Gasteiger partial charge in [-0.25, -0.2) is 9.07 Å². The number of ether oxygens (including phenoxy) is 3. The summed E-state index contributed by atoms with van der Waals surface area (Å²) in [6.45, 7) is 0.385. The summed E-state index contributed by atoms with van der Waals surface area (Å²) >= 11 is 6.33. The zero-order valence-corrected chi connectivity index (χ0v) is 21.4. The zero-order chi connectivity index (χ0) is 26.8. The molecule has 1 aliphatic heterocycles. The van der Waals surface area contributed by atoms with E-state index >= 15 is 4.39 Å². The molecule has 4 aromatic rings. The largest absolute Gasteiger partial charge is 0.493 e. The van der Waals surface area contributed by atoms with Gasteiger partial charge in [0.15, 0.2) is 17.3 Å². The number of nitrogens with zero attached hydrogens (tertiary/aromatic N) is 5. The topological polar surface area (TPSA) is 114 Å². The van der Waals surface area contributed by atoms with Crippen molar-refractivity contribution in [2.45, 2.75) is 38.0 Å². The second kappa shape index (κ2) is 10.8. The fraction of sp³-hybridized carbons (Fsp3) is 0.308. The molecule has 3 heterocycles. The van der Waals surface area contributed by atoms with Crippen LogP contribution in [0.15, 0.2) is 48.7 Å². The summed E-state index contributed by atoms with van der Waals surface area (Å²) < 4.78 is 36.7. The molecular formula is C26H25ClFN5O5. The van der Waals surface area contributed by atoms with Gasteiger partial charge in [-0.3, -0.25) is 4.79 Å². The van der Waals surface area contributed by atoms with Crippen molar-refractivity contribution in [3.05, 3.63) is 82.1 Å². The fourth-order valence-electron chi connectivity index (χ4n) is 4.87. The lowest BCUT2D eigenvalue weighted by Crippen LogP contribution is -2.14. The first-order valence-corrected chi connectivity index (χ1v) is 12.3. The molecule has 0 fully saturated rings. The summed E-state index contributed by atoms with van der Waals surface area (Å²) in [4.78, 5) is 11.1. The van der Waals surface area contributed by atoms with E-state index in [1.165, 1.54) is 10.7 Å². The van der Waals surface area contributed by atoms with Crippen LogP contribution in [0.1, 0.15) is 47.7 Å².